The molecule has 0 radical (unpaired) electrons. The van der Waals surface area contributed by atoms with Crippen molar-refractivity contribution in [3.63, 3.8) is 0 Å². The van der Waals surface area contributed by atoms with E-state index in [4.69, 9.17) is 21.1 Å². The smallest absolute Gasteiger partial charge is 0.412 e. The first-order valence-corrected chi connectivity index (χ1v) is 7.20. The molecule has 0 aliphatic rings. The van der Waals surface area contributed by atoms with Gasteiger partial charge in [0.1, 0.15) is 6.10 Å². The molecule has 1 atom stereocenters. The summed E-state index contributed by atoms with van der Waals surface area (Å²) in [5.41, 5.74) is 0.587. The van der Waals surface area contributed by atoms with E-state index in [9.17, 15) is 9.59 Å². The first-order valence-electron chi connectivity index (χ1n) is 6.82. The molecule has 7 nitrogen and oxygen atoms in total. The molecule has 2 amide bonds. The van der Waals surface area contributed by atoms with Crippen LogP contribution in [0.1, 0.15) is 13.8 Å². The van der Waals surface area contributed by atoms with Gasteiger partial charge in [0, 0.05) is 5.69 Å². The number of nitrogens with one attached hydrogen (secondary N) is 2. The van der Waals surface area contributed by atoms with Gasteiger partial charge in [-0.3, -0.25) is 10.6 Å². The molecule has 0 heterocycles. The van der Waals surface area contributed by atoms with E-state index in [1.807, 2.05) is 0 Å². The van der Waals surface area contributed by atoms with Crippen LogP contribution < -0.4 is 15.4 Å². The van der Waals surface area contributed by atoms with Gasteiger partial charge in [0.15, 0.2) is 5.75 Å². The Kier molecular flexibility index (Phi) is 7.21. The van der Waals surface area contributed by atoms with Crippen molar-refractivity contribution in [2.45, 2.75) is 20.0 Å². The lowest BCUT2D eigenvalue weighted by Gasteiger charge is -2.15. The van der Waals surface area contributed by atoms with Gasteiger partial charge in [-0.25, -0.2) is 9.59 Å². The fourth-order valence-electron chi connectivity index (χ4n) is 1.57. The highest BCUT2D eigenvalue weighted by Gasteiger charge is 2.15. The Morgan fingerprint density at radius 2 is 2.04 bits per heavy atom. The van der Waals surface area contributed by atoms with Crippen LogP contribution in [0.25, 0.3) is 0 Å². The minimum Gasteiger partial charge on any atom is -0.490 e. The Morgan fingerprint density at radius 1 is 1.35 bits per heavy atom. The number of halogens is 1. The maximum Gasteiger partial charge on any atom is 0.412 e. The molecule has 1 aromatic rings. The number of ether oxygens (including phenoxy) is 3. The van der Waals surface area contributed by atoms with E-state index in [0.717, 1.165) is 0 Å². The van der Waals surface area contributed by atoms with Gasteiger partial charge >= 0.3 is 12.2 Å². The molecular weight excluding hydrogens is 324 g/mol. The second kappa shape index (κ2) is 8.89. The molecule has 8 heteroatoms. The zero-order valence-electron chi connectivity index (χ0n) is 13.1. The summed E-state index contributed by atoms with van der Waals surface area (Å²) < 4.78 is 14.9. The molecule has 0 spiro atoms. The molecular formula is C15H19ClN2O5. The molecule has 0 saturated carbocycles. The monoisotopic (exact) mass is 342 g/mol. The lowest BCUT2D eigenvalue weighted by atomic mass is 10.2. The molecule has 0 aliphatic heterocycles. The predicted molar refractivity (Wildman–Crippen MR) is 88.4 cm³/mol. The second-order valence-electron chi connectivity index (χ2n) is 4.36. The van der Waals surface area contributed by atoms with Crippen LogP contribution in [-0.2, 0) is 9.47 Å². The third-order valence-electron chi connectivity index (χ3n) is 2.63. The van der Waals surface area contributed by atoms with Crippen molar-refractivity contribution in [1.82, 2.24) is 0 Å². The standard InChI is InChI=1S/C15H19ClN2O5/c1-5-9(3)23-15(20)17-10-7-11(16)13(22-6-2)12(8-10)18-14(19)21-4/h5,7-9H,1,6H2,2-4H3,(H,17,20)(H,18,19). The number of anilines is 2. The minimum atomic E-state index is -0.693. The first-order chi connectivity index (χ1) is 10.9. The number of carbonyl (C=O) groups excluding carboxylic acids is 2. The van der Waals surface area contributed by atoms with Crippen LogP contribution in [0, 0.1) is 0 Å². The second-order valence-corrected chi connectivity index (χ2v) is 4.76. The van der Waals surface area contributed by atoms with Gasteiger partial charge in [0.25, 0.3) is 0 Å². The summed E-state index contributed by atoms with van der Waals surface area (Å²) in [5.74, 6) is 0.276. The summed E-state index contributed by atoms with van der Waals surface area (Å²) in [4.78, 5) is 23.1. The predicted octanol–water partition coefficient (Wildman–Crippen LogP) is 4.04. The summed E-state index contributed by atoms with van der Waals surface area (Å²) in [6.45, 7) is 7.31. The van der Waals surface area contributed by atoms with Gasteiger partial charge in [0.2, 0.25) is 0 Å². The zero-order valence-corrected chi connectivity index (χ0v) is 13.9. The van der Waals surface area contributed by atoms with Crippen molar-refractivity contribution in [1.29, 1.82) is 0 Å². The molecule has 23 heavy (non-hydrogen) atoms. The molecule has 1 rings (SSSR count). The van der Waals surface area contributed by atoms with Gasteiger partial charge in [-0.2, -0.15) is 0 Å². The SMILES string of the molecule is C=CC(C)OC(=O)Nc1cc(Cl)c(OCC)c(NC(=O)OC)c1. The Hall–Kier alpha value is -2.41. The van der Waals surface area contributed by atoms with Crippen molar-refractivity contribution < 1.29 is 23.8 Å². The fourth-order valence-corrected chi connectivity index (χ4v) is 1.85. The van der Waals surface area contributed by atoms with Gasteiger partial charge in [-0.05, 0) is 26.0 Å². The minimum absolute atomic E-state index is 0.216. The Morgan fingerprint density at radius 3 is 2.61 bits per heavy atom. The van der Waals surface area contributed by atoms with Crippen molar-refractivity contribution in [3.05, 3.63) is 29.8 Å². The highest BCUT2D eigenvalue weighted by Crippen LogP contribution is 2.36. The molecule has 0 saturated heterocycles. The molecule has 0 bridgehead atoms. The van der Waals surface area contributed by atoms with Crippen LogP contribution in [0.3, 0.4) is 0 Å². The lowest BCUT2D eigenvalue weighted by molar-refractivity contribution is 0.142. The van der Waals surface area contributed by atoms with Gasteiger partial charge in [-0.1, -0.05) is 24.3 Å². The number of rotatable bonds is 6. The number of hydrogen-bond donors (Lipinski definition) is 2. The summed E-state index contributed by atoms with van der Waals surface area (Å²) in [6.07, 6.45) is -0.334. The van der Waals surface area contributed by atoms with Crippen LogP contribution in [-0.4, -0.2) is 32.0 Å². The van der Waals surface area contributed by atoms with Crippen molar-refractivity contribution in [2.24, 2.45) is 0 Å². The normalized spacial score (nSPS) is 11.1. The van der Waals surface area contributed by atoms with Crippen molar-refractivity contribution in [2.75, 3.05) is 24.4 Å². The fraction of sp³-hybridized carbons (Fsp3) is 0.333. The van der Waals surface area contributed by atoms with Gasteiger partial charge in [0.05, 0.1) is 24.4 Å². The number of benzene rings is 1. The van der Waals surface area contributed by atoms with E-state index in [1.54, 1.807) is 13.8 Å². The number of methoxy groups -OCH3 is 1. The quantitative estimate of drug-likeness (QED) is 0.762. The Balaban J connectivity index is 3.03. The molecule has 0 aliphatic carbocycles. The lowest BCUT2D eigenvalue weighted by Crippen LogP contribution is -2.19. The van der Waals surface area contributed by atoms with E-state index in [1.165, 1.54) is 25.3 Å². The van der Waals surface area contributed by atoms with E-state index in [2.05, 4.69) is 21.9 Å². The van der Waals surface area contributed by atoms with E-state index < -0.39 is 18.3 Å². The van der Waals surface area contributed by atoms with Crippen molar-refractivity contribution >= 4 is 35.2 Å². The maximum atomic E-state index is 11.7. The Bertz CT molecular complexity index is 591. The van der Waals surface area contributed by atoms with Crippen LogP contribution in [0.4, 0.5) is 21.0 Å². The van der Waals surface area contributed by atoms with Crippen LogP contribution in [0.2, 0.25) is 5.02 Å². The molecule has 1 unspecified atom stereocenters. The topological polar surface area (TPSA) is 85.9 Å². The molecule has 1 aromatic carbocycles. The highest BCUT2D eigenvalue weighted by molar-refractivity contribution is 6.33. The summed E-state index contributed by atoms with van der Waals surface area (Å²) in [6, 6.07) is 2.96. The van der Waals surface area contributed by atoms with Crippen LogP contribution in [0.5, 0.6) is 5.75 Å². The van der Waals surface area contributed by atoms with Crippen molar-refractivity contribution in [3.8, 4) is 5.75 Å². The highest BCUT2D eigenvalue weighted by atomic mass is 35.5. The first kappa shape index (κ1) is 18.6. The van der Waals surface area contributed by atoms with E-state index in [-0.39, 0.29) is 16.5 Å². The number of hydrogen-bond acceptors (Lipinski definition) is 5. The molecule has 2 N–H and O–H groups in total. The number of amides is 2. The largest absolute Gasteiger partial charge is 0.490 e. The zero-order chi connectivity index (χ0) is 17.4. The molecule has 0 aromatic heterocycles. The van der Waals surface area contributed by atoms with E-state index >= 15 is 0 Å². The van der Waals surface area contributed by atoms with Gasteiger partial charge in [-0.15, -0.1) is 0 Å². The average molecular weight is 343 g/mol. The summed E-state index contributed by atoms with van der Waals surface area (Å²) in [7, 11) is 1.23. The van der Waals surface area contributed by atoms with Crippen LogP contribution >= 0.6 is 11.6 Å². The molecule has 0 fully saturated rings. The number of carbonyl (C=O) groups is 2. The summed E-state index contributed by atoms with van der Waals surface area (Å²) in [5, 5.41) is 5.20. The average Bonchev–Trinajstić information content (AvgIpc) is 2.50. The van der Waals surface area contributed by atoms with Crippen LogP contribution in [0.15, 0.2) is 24.8 Å². The van der Waals surface area contributed by atoms with E-state index in [0.29, 0.717) is 12.3 Å². The Labute approximate surface area is 139 Å². The van der Waals surface area contributed by atoms with Gasteiger partial charge < -0.3 is 14.2 Å². The summed E-state index contributed by atoms with van der Waals surface area (Å²) >= 11 is 6.13. The molecule has 126 valence electrons. The third-order valence-corrected chi connectivity index (χ3v) is 2.91. The maximum absolute atomic E-state index is 11.7. The third kappa shape index (κ3) is 5.71.